The van der Waals surface area contributed by atoms with Gasteiger partial charge in [0, 0.05) is 43.1 Å². The molecule has 1 amide bonds. The Balaban J connectivity index is 1.37. The predicted molar refractivity (Wildman–Crippen MR) is 128 cm³/mol. The third-order valence-corrected chi connectivity index (χ3v) is 7.16. The molecule has 1 fully saturated rings. The zero-order valence-corrected chi connectivity index (χ0v) is 19.1. The lowest BCUT2D eigenvalue weighted by molar-refractivity contribution is 0.0746. The largest absolute Gasteiger partial charge is 0.368 e. The number of amides is 1. The Morgan fingerprint density at radius 1 is 0.812 bits per heavy atom. The molecule has 0 aliphatic carbocycles. The quantitative estimate of drug-likeness (QED) is 0.638. The Bertz CT molecular complexity index is 1200. The molecule has 0 bridgehead atoms. The smallest absolute Gasteiger partial charge is 0.261 e. The maximum absolute atomic E-state index is 12.8. The summed E-state index contributed by atoms with van der Waals surface area (Å²) in [5, 5.41) is 0. The van der Waals surface area contributed by atoms with Crippen molar-refractivity contribution in [1.82, 2.24) is 4.90 Å². The van der Waals surface area contributed by atoms with Crippen molar-refractivity contribution in [1.29, 1.82) is 0 Å². The van der Waals surface area contributed by atoms with Gasteiger partial charge in [-0.1, -0.05) is 35.9 Å². The molecule has 166 valence electrons. The van der Waals surface area contributed by atoms with Gasteiger partial charge in [0.05, 0.1) is 4.90 Å². The number of carbonyl (C=O) groups is 1. The van der Waals surface area contributed by atoms with Crippen LogP contribution in [0, 0.1) is 13.8 Å². The van der Waals surface area contributed by atoms with Crippen LogP contribution in [0.5, 0.6) is 0 Å². The standard InChI is InChI=1S/C25H27N3O3S/c1-19-7-13-23(14-8-19)32(30,31)26-21-9-11-22(12-10-21)27-15-17-28(18-16-27)25(29)24-6-4-3-5-20(24)2/h3-14,26H,15-18H2,1-2H3. The fourth-order valence-corrected chi connectivity index (χ4v) is 4.88. The van der Waals surface area contributed by atoms with E-state index in [-0.39, 0.29) is 10.8 Å². The average Bonchev–Trinajstić information content (AvgIpc) is 2.80. The van der Waals surface area contributed by atoms with Crippen LogP contribution in [0.15, 0.2) is 77.7 Å². The molecule has 32 heavy (non-hydrogen) atoms. The van der Waals surface area contributed by atoms with Crippen molar-refractivity contribution in [2.24, 2.45) is 0 Å². The van der Waals surface area contributed by atoms with Crippen LogP contribution in [0.2, 0.25) is 0 Å². The van der Waals surface area contributed by atoms with Crippen molar-refractivity contribution < 1.29 is 13.2 Å². The second-order valence-electron chi connectivity index (χ2n) is 8.06. The molecule has 4 rings (SSSR count). The first-order chi connectivity index (χ1) is 15.3. The Kier molecular flexibility index (Phi) is 6.19. The Labute approximate surface area is 189 Å². The Morgan fingerprint density at radius 2 is 1.44 bits per heavy atom. The summed E-state index contributed by atoms with van der Waals surface area (Å²) >= 11 is 0. The van der Waals surface area contributed by atoms with Gasteiger partial charge in [-0.05, 0) is 61.9 Å². The highest BCUT2D eigenvalue weighted by Gasteiger charge is 2.23. The second kappa shape index (κ2) is 9.04. The number of anilines is 2. The normalized spacial score (nSPS) is 14.3. The summed E-state index contributed by atoms with van der Waals surface area (Å²) in [6.45, 7) is 6.63. The van der Waals surface area contributed by atoms with E-state index in [9.17, 15) is 13.2 Å². The molecule has 3 aromatic carbocycles. The first kappa shape index (κ1) is 21.9. The van der Waals surface area contributed by atoms with E-state index in [1.807, 2.05) is 55.1 Å². The van der Waals surface area contributed by atoms with Gasteiger partial charge in [-0.15, -0.1) is 0 Å². The number of rotatable bonds is 5. The van der Waals surface area contributed by atoms with Crippen molar-refractivity contribution in [3.63, 3.8) is 0 Å². The molecule has 1 aliphatic rings. The molecule has 1 N–H and O–H groups in total. The lowest BCUT2D eigenvalue weighted by atomic mass is 10.1. The van der Waals surface area contributed by atoms with Gasteiger partial charge < -0.3 is 9.80 Å². The van der Waals surface area contributed by atoms with Gasteiger partial charge in [0.25, 0.3) is 15.9 Å². The molecule has 1 heterocycles. The van der Waals surface area contributed by atoms with Crippen molar-refractivity contribution >= 4 is 27.3 Å². The molecular formula is C25H27N3O3S. The fraction of sp³-hybridized carbons (Fsp3) is 0.240. The van der Waals surface area contributed by atoms with Crippen LogP contribution >= 0.6 is 0 Å². The minimum Gasteiger partial charge on any atom is -0.368 e. The van der Waals surface area contributed by atoms with E-state index in [4.69, 9.17) is 0 Å². The molecule has 7 heteroatoms. The predicted octanol–water partition coefficient (Wildman–Crippen LogP) is 4.07. The summed E-state index contributed by atoms with van der Waals surface area (Å²) in [5.74, 6) is 0.0728. The zero-order valence-electron chi connectivity index (χ0n) is 18.3. The number of sulfonamides is 1. The van der Waals surface area contributed by atoms with E-state index in [2.05, 4.69) is 9.62 Å². The van der Waals surface area contributed by atoms with E-state index >= 15 is 0 Å². The van der Waals surface area contributed by atoms with Crippen LogP contribution in [0.3, 0.4) is 0 Å². The number of aryl methyl sites for hydroxylation is 2. The maximum atomic E-state index is 12.8. The summed E-state index contributed by atoms with van der Waals surface area (Å²) in [7, 11) is -3.62. The molecule has 0 atom stereocenters. The number of benzene rings is 3. The molecule has 0 unspecified atom stereocenters. The minimum absolute atomic E-state index is 0.0728. The summed E-state index contributed by atoms with van der Waals surface area (Å²) in [4.78, 5) is 17.2. The number of nitrogens with zero attached hydrogens (tertiary/aromatic N) is 2. The molecule has 0 aromatic heterocycles. The summed E-state index contributed by atoms with van der Waals surface area (Å²) in [6, 6.07) is 21.8. The van der Waals surface area contributed by atoms with Gasteiger partial charge in [0.2, 0.25) is 0 Å². The summed E-state index contributed by atoms with van der Waals surface area (Å²) < 4.78 is 27.8. The van der Waals surface area contributed by atoms with E-state index in [0.29, 0.717) is 18.8 Å². The number of hydrogen-bond acceptors (Lipinski definition) is 4. The van der Waals surface area contributed by atoms with Gasteiger partial charge in [0.15, 0.2) is 0 Å². The van der Waals surface area contributed by atoms with Crippen molar-refractivity contribution in [3.8, 4) is 0 Å². The lowest BCUT2D eigenvalue weighted by Crippen LogP contribution is -2.48. The van der Waals surface area contributed by atoms with E-state index < -0.39 is 10.0 Å². The second-order valence-corrected chi connectivity index (χ2v) is 9.74. The molecule has 3 aromatic rings. The van der Waals surface area contributed by atoms with Gasteiger partial charge in [-0.25, -0.2) is 8.42 Å². The van der Waals surface area contributed by atoms with Crippen molar-refractivity contribution in [2.45, 2.75) is 18.7 Å². The minimum atomic E-state index is -3.62. The third-order valence-electron chi connectivity index (χ3n) is 5.76. The zero-order chi connectivity index (χ0) is 22.7. The van der Waals surface area contributed by atoms with Gasteiger partial charge in [-0.2, -0.15) is 0 Å². The molecule has 6 nitrogen and oxygen atoms in total. The van der Waals surface area contributed by atoms with Gasteiger partial charge in [0.1, 0.15) is 0 Å². The van der Waals surface area contributed by atoms with E-state index in [1.54, 1.807) is 36.4 Å². The van der Waals surface area contributed by atoms with Crippen molar-refractivity contribution in [3.05, 3.63) is 89.5 Å². The molecule has 0 radical (unpaired) electrons. The molecular weight excluding hydrogens is 422 g/mol. The van der Waals surface area contributed by atoms with Crippen LogP contribution in [0.25, 0.3) is 0 Å². The highest BCUT2D eigenvalue weighted by Crippen LogP contribution is 2.23. The number of carbonyl (C=O) groups excluding carboxylic acids is 1. The van der Waals surface area contributed by atoms with E-state index in [1.165, 1.54) is 0 Å². The number of hydrogen-bond donors (Lipinski definition) is 1. The molecule has 1 aliphatic heterocycles. The highest BCUT2D eigenvalue weighted by molar-refractivity contribution is 7.92. The highest BCUT2D eigenvalue weighted by atomic mass is 32.2. The molecule has 0 saturated carbocycles. The Morgan fingerprint density at radius 3 is 2.06 bits per heavy atom. The summed E-state index contributed by atoms with van der Waals surface area (Å²) in [6.07, 6.45) is 0. The third kappa shape index (κ3) is 4.78. The van der Waals surface area contributed by atoms with Crippen LogP contribution < -0.4 is 9.62 Å². The SMILES string of the molecule is Cc1ccc(S(=O)(=O)Nc2ccc(N3CCN(C(=O)c4ccccc4C)CC3)cc2)cc1. The first-order valence-corrected chi connectivity index (χ1v) is 12.1. The Hall–Kier alpha value is -3.32. The molecule has 1 saturated heterocycles. The van der Waals surface area contributed by atoms with Crippen LogP contribution in [0.4, 0.5) is 11.4 Å². The fourth-order valence-electron chi connectivity index (χ4n) is 3.82. The monoisotopic (exact) mass is 449 g/mol. The number of piperazine rings is 1. The first-order valence-electron chi connectivity index (χ1n) is 10.6. The average molecular weight is 450 g/mol. The van der Waals surface area contributed by atoms with Crippen LogP contribution in [0.1, 0.15) is 21.5 Å². The van der Waals surface area contributed by atoms with Gasteiger partial charge >= 0.3 is 0 Å². The lowest BCUT2D eigenvalue weighted by Gasteiger charge is -2.36. The van der Waals surface area contributed by atoms with Gasteiger partial charge in [-0.3, -0.25) is 9.52 Å². The van der Waals surface area contributed by atoms with E-state index in [0.717, 1.165) is 35.5 Å². The van der Waals surface area contributed by atoms with Crippen molar-refractivity contribution in [2.75, 3.05) is 35.8 Å². The number of nitrogens with one attached hydrogen (secondary N) is 1. The van der Waals surface area contributed by atoms with Crippen LogP contribution in [-0.4, -0.2) is 45.4 Å². The van der Waals surface area contributed by atoms with Crippen LogP contribution in [-0.2, 0) is 10.0 Å². The topological polar surface area (TPSA) is 69.7 Å². The maximum Gasteiger partial charge on any atom is 0.261 e. The summed E-state index contributed by atoms with van der Waals surface area (Å²) in [5.41, 5.74) is 4.28. The molecule has 0 spiro atoms.